The number of carboxylic acid groups (broad SMARTS) is 1. The number of nitrogens with one attached hydrogen (secondary N) is 1. The molecule has 0 aliphatic carbocycles. The van der Waals surface area contributed by atoms with Crippen LogP contribution in [0.5, 0.6) is 0 Å². The molecule has 2 N–H and O–H groups in total. The molecule has 0 amide bonds. The number of carbonyl (C=O) groups is 1. The Kier molecular flexibility index (Phi) is 4.69. The molecule has 0 saturated carbocycles. The van der Waals surface area contributed by atoms with Crippen molar-refractivity contribution in [1.29, 1.82) is 0 Å². The number of fused-ring (bicyclic) bond motifs is 1. The lowest BCUT2D eigenvalue weighted by molar-refractivity contribution is -0.140. The predicted octanol–water partition coefficient (Wildman–Crippen LogP) is 2.28. The normalized spacial score (nSPS) is 13.5. The maximum Gasteiger partial charge on any atom is 0.322 e. The Morgan fingerprint density at radius 1 is 1.32 bits per heavy atom. The van der Waals surface area contributed by atoms with E-state index in [2.05, 4.69) is 9.71 Å². The summed E-state index contributed by atoms with van der Waals surface area (Å²) in [5.41, 5.74) is 0.204. The Morgan fingerprint density at radius 3 is 2.59 bits per heavy atom. The number of pyridine rings is 1. The van der Waals surface area contributed by atoms with Crippen LogP contribution in [-0.2, 0) is 14.8 Å². The molecule has 1 aromatic heterocycles. The van der Waals surface area contributed by atoms with Crippen molar-refractivity contribution in [3.8, 4) is 0 Å². The van der Waals surface area contributed by atoms with E-state index in [9.17, 15) is 13.2 Å². The number of hydrogen-bond donors (Lipinski definition) is 2. The van der Waals surface area contributed by atoms with E-state index in [4.69, 9.17) is 16.7 Å². The average Bonchev–Trinajstić information content (AvgIpc) is 2.44. The molecule has 2 rings (SSSR count). The molecule has 1 aromatic carbocycles. The molecule has 1 atom stereocenters. The van der Waals surface area contributed by atoms with E-state index in [0.717, 1.165) is 0 Å². The molecule has 2 aromatic rings. The van der Waals surface area contributed by atoms with E-state index >= 15 is 0 Å². The smallest absolute Gasteiger partial charge is 0.322 e. The first kappa shape index (κ1) is 16.7. The number of halogens is 1. The molecule has 0 radical (unpaired) electrons. The highest BCUT2D eigenvalue weighted by molar-refractivity contribution is 7.89. The van der Waals surface area contributed by atoms with Gasteiger partial charge in [0.05, 0.1) is 10.5 Å². The van der Waals surface area contributed by atoms with E-state index in [1.165, 1.54) is 18.3 Å². The fourth-order valence-corrected chi connectivity index (χ4v) is 3.75. The molecule has 0 bridgehead atoms. The molecule has 0 fully saturated rings. The zero-order valence-corrected chi connectivity index (χ0v) is 13.5. The van der Waals surface area contributed by atoms with Crippen LogP contribution in [0, 0.1) is 5.92 Å². The Morgan fingerprint density at radius 2 is 2.00 bits per heavy atom. The van der Waals surface area contributed by atoms with Gasteiger partial charge in [0.2, 0.25) is 10.0 Å². The number of aromatic nitrogens is 1. The van der Waals surface area contributed by atoms with E-state index in [-0.39, 0.29) is 10.4 Å². The van der Waals surface area contributed by atoms with Gasteiger partial charge in [-0.1, -0.05) is 37.6 Å². The van der Waals surface area contributed by atoms with E-state index in [1.54, 1.807) is 26.0 Å². The molecule has 1 heterocycles. The van der Waals surface area contributed by atoms with Crippen LogP contribution in [-0.4, -0.2) is 30.5 Å². The second-order valence-electron chi connectivity index (χ2n) is 5.13. The standard InChI is InChI=1S/C14H15ClN2O4S/c1-8(2)12(14(18)19)17-22(20,21)11-5-3-4-9-10(15)6-7-16-13(9)11/h3-8,12,17H,1-2H3,(H,18,19)/t12-/m0/s1. The molecule has 0 spiro atoms. The quantitative estimate of drug-likeness (QED) is 0.868. The number of hydrogen-bond acceptors (Lipinski definition) is 4. The van der Waals surface area contributed by atoms with Gasteiger partial charge in [0.15, 0.2) is 0 Å². The Balaban J connectivity index is 2.55. The van der Waals surface area contributed by atoms with Crippen LogP contribution in [0.4, 0.5) is 0 Å². The second kappa shape index (κ2) is 6.20. The SMILES string of the molecule is CC(C)[C@H](NS(=O)(=O)c1cccc2c(Cl)ccnc12)C(=O)O. The highest BCUT2D eigenvalue weighted by Gasteiger charge is 2.29. The average molecular weight is 343 g/mol. The summed E-state index contributed by atoms with van der Waals surface area (Å²) in [7, 11) is -4.04. The third-order valence-corrected chi connectivity index (χ3v) is 4.99. The van der Waals surface area contributed by atoms with Crippen LogP contribution in [0.3, 0.4) is 0 Å². The molecular formula is C14H15ClN2O4S. The minimum atomic E-state index is -4.04. The summed E-state index contributed by atoms with van der Waals surface area (Å²) in [5, 5.41) is 10.0. The minimum Gasteiger partial charge on any atom is -0.480 e. The zero-order valence-electron chi connectivity index (χ0n) is 11.9. The number of aliphatic carboxylic acids is 1. The lowest BCUT2D eigenvalue weighted by Crippen LogP contribution is -2.44. The van der Waals surface area contributed by atoms with E-state index in [1.807, 2.05) is 0 Å². The fraction of sp³-hybridized carbons (Fsp3) is 0.286. The first-order valence-electron chi connectivity index (χ1n) is 6.52. The summed E-state index contributed by atoms with van der Waals surface area (Å²) in [6, 6.07) is 4.89. The highest BCUT2D eigenvalue weighted by atomic mass is 35.5. The largest absolute Gasteiger partial charge is 0.480 e. The highest BCUT2D eigenvalue weighted by Crippen LogP contribution is 2.26. The first-order chi connectivity index (χ1) is 10.2. The maximum atomic E-state index is 12.5. The van der Waals surface area contributed by atoms with E-state index in [0.29, 0.717) is 10.4 Å². The number of para-hydroxylation sites is 1. The molecule has 0 saturated heterocycles. The van der Waals surface area contributed by atoms with Crippen LogP contribution < -0.4 is 4.72 Å². The van der Waals surface area contributed by atoms with Gasteiger partial charge in [-0.05, 0) is 18.1 Å². The number of nitrogens with zero attached hydrogens (tertiary/aromatic N) is 1. The van der Waals surface area contributed by atoms with Gasteiger partial charge in [-0.15, -0.1) is 0 Å². The molecule has 0 aliphatic heterocycles. The molecule has 22 heavy (non-hydrogen) atoms. The Hall–Kier alpha value is -1.70. The fourth-order valence-electron chi connectivity index (χ4n) is 2.03. The second-order valence-corrected chi connectivity index (χ2v) is 7.22. The van der Waals surface area contributed by atoms with Crippen LogP contribution in [0.25, 0.3) is 10.9 Å². The number of sulfonamides is 1. The van der Waals surface area contributed by atoms with Gasteiger partial charge in [-0.3, -0.25) is 9.78 Å². The van der Waals surface area contributed by atoms with Crippen molar-refractivity contribution < 1.29 is 18.3 Å². The Labute approximate surface area is 133 Å². The van der Waals surface area contributed by atoms with Gasteiger partial charge in [-0.2, -0.15) is 4.72 Å². The van der Waals surface area contributed by atoms with Crippen molar-refractivity contribution in [2.45, 2.75) is 24.8 Å². The molecule has 8 heteroatoms. The zero-order chi connectivity index (χ0) is 16.5. The Bertz CT molecular complexity index is 821. The lowest BCUT2D eigenvalue weighted by Gasteiger charge is -2.18. The molecular weight excluding hydrogens is 328 g/mol. The monoisotopic (exact) mass is 342 g/mol. The van der Waals surface area contributed by atoms with Crippen molar-refractivity contribution in [3.63, 3.8) is 0 Å². The van der Waals surface area contributed by atoms with Gasteiger partial charge < -0.3 is 5.11 Å². The number of carboxylic acids is 1. The van der Waals surface area contributed by atoms with Crippen molar-refractivity contribution >= 4 is 38.5 Å². The summed E-state index contributed by atoms with van der Waals surface area (Å²) >= 11 is 6.04. The summed E-state index contributed by atoms with van der Waals surface area (Å²) in [6.45, 7) is 3.25. The third kappa shape index (κ3) is 3.21. The summed E-state index contributed by atoms with van der Waals surface area (Å²) in [5.74, 6) is -1.64. The van der Waals surface area contributed by atoms with Crippen LogP contribution in [0.1, 0.15) is 13.8 Å². The van der Waals surface area contributed by atoms with Crippen LogP contribution in [0.15, 0.2) is 35.4 Å². The van der Waals surface area contributed by atoms with Gasteiger partial charge >= 0.3 is 5.97 Å². The molecule has 6 nitrogen and oxygen atoms in total. The van der Waals surface area contributed by atoms with Gasteiger partial charge in [0.1, 0.15) is 10.9 Å². The lowest BCUT2D eigenvalue weighted by atomic mass is 10.1. The predicted molar refractivity (Wildman–Crippen MR) is 83.3 cm³/mol. The van der Waals surface area contributed by atoms with Crippen molar-refractivity contribution in [2.75, 3.05) is 0 Å². The van der Waals surface area contributed by atoms with Gasteiger partial charge in [0, 0.05) is 11.6 Å². The van der Waals surface area contributed by atoms with Crippen molar-refractivity contribution in [2.24, 2.45) is 5.92 Å². The summed E-state index contributed by atoms with van der Waals surface area (Å²) in [4.78, 5) is 15.2. The van der Waals surface area contributed by atoms with Crippen molar-refractivity contribution in [3.05, 3.63) is 35.5 Å². The van der Waals surface area contributed by atoms with Gasteiger partial charge in [-0.25, -0.2) is 8.42 Å². The maximum absolute atomic E-state index is 12.5. The molecule has 0 aliphatic rings. The van der Waals surface area contributed by atoms with E-state index < -0.39 is 28.0 Å². The van der Waals surface area contributed by atoms with Crippen LogP contribution >= 0.6 is 11.6 Å². The van der Waals surface area contributed by atoms with Crippen molar-refractivity contribution in [1.82, 2.24) is 9.71 Å². The minimum absolute atomic E-state index is 0.0978. The van der Waals surface area contributed by atoms with Crippen LogP contribution in [0.2, 0.25) is 5.02 Å². The first-order valence-corrected chi connectivity index (χ1v) is 8.38. The summed E-state index contributed by atoms with van der Waals surface area (Å²) in [6.07, 6.45) is 1.40. The topological polar surface area (TPSA) is 96.4 Å². The molecule has 118 valence electrons. The third-order valence-electron chi connectivity index (χ3n) is 3.19. The number of benzene rings is 1. The summed E-state index contributed by atoms with van der Waals surface area (Å²) < 4.78 is 27.2. The molecule has 0 unspecified atom stereocenters. The number of rotatable bonds is 5. The van der Waals surface area contributed by atoms with Gasteiger partial charge in [0.25, 0.3) is 0 Å².